The Morgan fingerprint density at radius 1 is 1.11 bits per heavy atom. The van der Waals surface area contributed by atoms with Crippen LogP contribution >= 0.6 is 23.2 Å². The van der Waals surface area contributed by atoms with E-state index in [9.17, 15) is 4.79 Å². The van der Waals surface area contributed by atoms with Gasteiger partial charge in [-0.1, -0.05) is 40.9 Å². The van der Waals surface area contributed by atoms with Crippen LogP contribution in [-0.4, -0.2) is 32.3 Å². The highest BCUT2D eigenvalue weighted by atomic mass is 35.5. The van der Waals surface area contributed by atoms with Gasteiger partial charge in [-0.25, -0.2) is 0 Å². The zero-order valence-electron chi connectivity index (χ0n) is 14.8. The third-order valence-corrected chi connectivity index (χ3v) is 5.52. The van der Waals surface area contributed by atoms with Gasteiger partial charge < -0.3 is 19.1 Å². The number of amides is 1. The van der Waals surface area contributed by atoms with Crippen LogP contribution in [0.2, 0.25) is 10.0 Å². The number of carbonyl (C=O) groups is 1. The molecule has 27 heavy (non-hydrogen) atoms. The van der Waals surface area contributed by atoms with Crippen LogP contribution in [0.3, 0.4) is 0 Å². The third-order valence-electron chi connectivity index (χ3n) is 4.72. The summed E-state index contributed by atoms with van der Waals surface area (Å²) in [7, 11) is 0. The summed E-state index contributed by atoms with van der Waals surface area (Å²) < 4.78 is 17.4. The van der Waals surface area contributed by atoms with Crippen molar-refractivity contribution in [3.8, 4) is 5.75 Å². The van der Waals surface area contributed by atoms with E-state index in [4.69, 9.17) is 37.4 Å². The molecular formula is C20H19Cl2NO4. The molecular weight excluding hydrogens is 389 g/mol. The van der Waals surface area contributed by atoms with Crippen molar-refractivity contribution >= 4 is 34.8 Å². The highest BCUT2D eigenvalue weighted by Gasteiger charge is 2.55. The molecule has 0 aromatic heterocycles. The minimum absolute atomic E-state index is 0.297. The molecule has 0 radical (unpaired) electrons. The number of ether oxygens (including phenoxy) is 3. The Labute approximate surface area is 167 Å². The second-order valence-electron chi connectivity index (χ2n) is 6.54. The van der Waals surface area contributed by atoms with Crippen LogP contribution in [-0.2, 0) is 20.1 Å². The van der Waals surface area contributed by atoms with Crippen LogP contribution in [0.15, 0.2) is 36.4 Å². The van der Waals surface area contributed by atoms with Gasteiger partial charge in [0.2, 0.25) is 0 Å². The number of anilines is 1. The molecule has 2 aromatic carbocycles. The van der Waals surface area contributed by atoms with Gasteiger partial charge >= 0.3 is 0 Å². The Morgan fingerprint density at radius 3 is 2.52 bits per heavy atom. The Morgan fingerprint density at radius 2 is 1.81 bits per heavy atom. The summed E-state index contributed by atoms with van der Waals surface area (Å²) in [6.45, 7) is 3.50. The highest BCUT2D eigenvalue weighted by Crippen LogP contribution is 2.50. The molecule has 1 amide bonds. The van der Waals surface area contributed by atoms with E-state index in [1.54, 1.807) is 17.0 Å². The number of fused-ring (bicyclic) bond motifs is 2. The lowest BCUT2D eigenvalue weighted by atomic mass is 10.1. The van der Waals surface area contributed by atoms with E-state index in [1.807, 2.05) is 31.2 Å². The van der Waals surface area contributed by atoms with Crippen molar-refractivity contribution in [1.29, 1.82) is 0 Å². The van der Waals surface area contributed by atoms with Gasteiger partial charge in [0, 0.05) is 5.56 Å². The number of hydrogen-bond acceptors (Lipinski definition) is 4. The molecule has 4 rings (SSSR count). The van der Waals surface area contributed by atoms with Gasteiger partial charge in [0.1, 0.15) is 12.4 Å². The molecule has 2 aliphatic heterocycles. The number of carbonyl (C=O) groups excluding carboxylic acids is 1. The first-order chi connectivity index (χ1) is 13.0. The third kappa shape index (κ3) is 3.19. The van der Waals surface area contributed by atoms with E-state index < -0.39 is 5.79 Å². The van der Waals surface area contributed by atoms with E-state index >= 15 is 0 Å². The summed E-state index contributed by atoms with van der Waals surface area (Å²) in [5.74, 6) is -0.996. The van der Waals surface area contributed by atoms with Crippen LogP contribution in [0, 0.1) is 6.92 Å². The van der Waals surface area contributed by atoms with Crippen molar-refractivity contribution < 1.29 is 19.0 Å². The minimum Gasteiger partial charge on any atom is -0.492 e. The van der Waals surface area contributed by atoms with Crippen LogP contribution in [0.1, 0.15) is 17.5 Å². The molecule has 2 aliphatic rings. The molecule has 2 heterocycles. The quantitative estimate of drug-likeness (QED) is 0.756. The molecule has 2 aromatic rings. The van der Waals surface area contributed by atoms with Gasteiger partial charge in [-0.05, 0) is 37.6 Å². The van der Waals surface area contributed by atoms with Crippen LogP contribution in [0.25, 0.3) is 0 Å². The maximum absolute atomic E-state index is 13.2. The highest BCUT2D eigenvalue weighted by molar-refractivity contribution is 6.44. The molecule has 0 saturated carbocycles. The van der Waals surface area contributed by atoms with E-state index in [0.29, 0.717) is 47.7 Å². The van der Waals surface area contributed by atoms with Crippen molar-refractivity contribution in [2.24, 2.45) is 0 Å². The largest absolute Gasteiger partial charge is 0.492 e. The minimum atomic E-state index is -1.44. The molecule has 0 unspecified atom stereocenters. The number of nitrogens with zero attached hydrogens (tertiary/aromatic N) is 1. The fraction of sp³-hybridized carbons (Fsp3) is 0.350. The molecule has 0 aliphatic carbocycles. The van der Waals surface area contributed by atoms with Crippen LogP contribution in [0.4, 0.5) is 5.69 Å². The second kappa shape index (κ2) is 7.32. The molecule has 1 spiro atoms. The Balaban J connectivity index is 1.60. The number of hydrogen-bond donors (Lipinski definition) is 0. The van der Waals surface area contributed by atoms with E-state index in [0.717, 1.165) is 17.7 Å². The number of aryl methyl sites for hydroxylation is 1. The monoisotopic (exact) mass is 407 g/mol. The van der Waals surface area contributed by atoms with Crippen molar-refractivity contribution in [3.63, 3.8) is 0 Å². The predicted molar refractivity (Wildman–Crippen MR) is 104 cm³/mol. The molecule has 0 atom stereocenters. The van der Waals surface area contributed by atoms with Crippen molar-refractivity contribution in [1.82, 2.24) is 0 Å². The van der Waals surface area contributed by atoms with Crippen molar-refractivity contribution in [2.75, 3.05) is 31.3 Å². The molecule has 7 heteroatoms. The lowest BCUT2D eigenvalue weighted by molar-refractivity contribution is -0.256. The molecule has 0 bridgehead atoms. The zero-order valence-corrected chi connectivity index (χ0v) is 16.3. The maximum Gasteiger partial charge on any atom is 0.292 e. The first kappa shape index (κ1) is 18.6. The number of benzene rings is 2. The average Bonchev–Trinajstić information content (AvgIpc) is 2.90. The maximum atomic E-state index is 13.2. The summed E-state index contributed by atoms with van der Waals surface area (Å²) in [4.78, 5) is 14.8. The van der Waals surface area contributed by atoms with Gasteiger partial charge in [0.15, 0.2) is 0 Å². The van der Waals surface area contributed by atoms with E-state index in [1.165, 1.54) is 0 Å². The Hall–Kier alpha value is -1.79. The summed E-state index contributed by atoms with van der Waals surface area (Å²) in [6.07, 6.45) is 0.738. The zero-order chi connectivity index (χ0) is 19.0. The van der Waals surface area contributed by atoms with Crippen molar-refractivity contribution in [2.45, 2.75) is 19.1 Å². The summed E-state index contributed by atoms with van der Waals surface area (Å²) >= 11 is 12.6. The molecule has 5 nitrogen and oxygen atoms in total. The fourth-order valence-electron chi connectivity index (χ4n) is 3.38. The van der Waals surface area contributed by atoms with Gasteiger partial charge in [0.25, 0.3) is 11.7 Å². The summed E-state index contributed by atoms with van der Waals surface area (Å²) in [5, 5.41) is 0.688. The summed E-state index contributed by atoms with van der Waals surface area (Å²) in [5.41, 5.74) is 2.28. The van der Waals surface area contributed by atoms with Crippen molar-refractivity contribution in [3.05, 3.63) is 57.6 Å². The van der Waals surface area contributed by atoms with Crippen LogP contribution < -0.4 is 9.64 Å². The molecule has 142 valence electrons. The molecule has 1 saturated heterocycles. The lowest BCUT2D eigenvalue weighted by Gasteiger charge is -2.32. The Bertz CT molecular complexity index is 863. The standard InChI is InChI=1S/C20H19Cl2NO4/c1-13-3-5-14(6-4-13)25-12-9-23-18-15(7-8-16(21)17(18)22)20(19(23)24)26-10-2-11-27-20/h3-8H,2,9-12H2,1H3. The number of halogens is 2. The van der Waals surface area contributed by atoms with Gasteiger partial charge in [-0.3, -0.25) is 4.79 Å². The van der Waals surface area contributed by atoms with Gasteiger partial charge in [-0.2, -0.15) is 0 Å². The molecule has 0 N–H and O–H groups in total. The SMILES string of the molecule is Cc1ccc(OCCN2C(=O)C3(OCCCO3)c3ccc(Cl)c(Cl)c32)cc1. The summed E-state index contributed by atoms with van der Waals surface area (Å²) in [6, 6.07) is 11.1. The van der Waals surface area contributed by atoms with Gasteiger partial charge in [0.05, 0.1) is 35.5 Å². The fourth-order valence-corrected chi connectivity index (χ4v) is 3.80. The Kier molecular flexibility index (Phi) is 5.03. The predicted octanol–water partition coefficient (Wildman–Crippen LogP) is 4.32. The smallest absolute Gasteiger partial charge is 0.292 e. The number of rotatable bonds is 4. The first-order valence-corrected chi connectivity index (χ1v) is 9.56. The van der Waals surface area contributed by atoms with E-state index in [-0.39, 0.29) is 5.91 Å². The average molecular weight is 408 g/mol. The topological polar surface area (TPSA) is 48.0 Å². The normalized spacial score (nSPS) is 18.0. The first-order valence-electron chi connectivity index (χ1n) is 8.81. The molecule has 1 fully saturated rings. The van der Waals surface area contributed by atoms with Gasteiger partial charge in [-0.15, -0.1) is 0 Å². The van der Waals surface area contributed by atoms with E-state index in [2.05, 4.69) is 0 Å². The van der Waals surface area contributed by atoms with Crippen LogP contribution in [0.5, 0.6) is 5.75 Å². The lowest BCUT2D eigenvalue weighted by Crippen LogP contribution is -2.48. The second-order valence-corrected chi connectivity index (χ2v) is 7.33.